The number of nitrogens with one attached hydrogen (secondary N) is 1. The van der Waals surface area contributed by atoms with E-state index in [9.17, 15) is 19.8 Å². The van der Waals surface area contributed by atoms with E-state index in [1.54, 1.807) is 0 Å². The Balaban J connectivity index is 3.76. The number of aliphatic hydroxyl groups is 2. The largest absolute Gasteiger partial charge is 0.466 e. The summed E-state index contributed by atoms with van der Waals surface area (Å²) in [5.74, 6) is -1.01. The first-order valence-corrected chi connectivity index (χ1v) is 21.4. The summed E-state index contributed by atoms with van der Waals surface area (Å²) in [5, 5.41) is 21.2. The standard InChI is InChI=1S/C42H83NO6/c1-3-5-7-9-11-13-15-17-19-21-23-25-27-29-31-33-35-48-41(46)37-39(43-38-40(44)45)42(47)49-36-34-32-30-28-26-24-22-20-18-16-14-12-10-8-6-4-2/h39-40,43-45H,3-38H2,1-2H3/t39-/m0/s1. The van der Waals surface area contributed by atoms with Gasteiger partial charge in [0.25, 0.3) is 0 Å². The van der Waals surface area contributed by atoms with Gasteiger partial charge in [-0.05, 0) is 12.8 Å². The molecule has 0 saturated carbocycles. The van der Waals surface area contributed by atoms with E-state index in [1.165, 1.54) is 167 Å². The van der Waals surface area contributed by atoms with Crippen molar-refractivity contribution in [3.8, 4) is 0 Å². The van der Waals surface area contributed by atoms with Crippen LogP contribution in [0.3, 0.4) is 0 Å². The zero-order chi connectivity index (χ0) is 35.9. The third kappa shape index (κ3) is 37.9. The molecule has 0 amide bonds. The zero-order valence-electron chi connectivity index (χ0n) is 32.6. The fraction of sp³-hybridized carbons (Fsp3) is 0.952. The summed E-state index contributed by atoms with van der Waals surface area (Å²) in [6, 6.07) is -0.943. The van der Waals surface area contributed by atoms with Crippen molar-refractivity contribution in [2.24, 2.45) is 0 Å². The molecule has 7 nitrogen and oxygen atoms in total. The molecule has 1 atom stereocenters. The van der Waals surface area contributed by atoms with Gasteiger partial charge in [0, 0.05) is 6.54 Å². The van der Waals surface area contributed by atoms with Crippen LogP contribution in [0.1, 0.15) is 226 Å². The molecule has 3 N–H and O–H groups in total. The van der Waals surface area contributed by atoms with Crippen LogP contribution in [0.25, 0.3) is 0 Å². The predicted octanol–water partition coefficient (Wildman–Crippen LogP) is 11.3. The van der Waals surface area contributed by atoms with Crippen LogP contribution in [-0.2, 0) is 19.1 Å². The summed E-state index contributed by atoms with van der Waals surface area (Å²) in [6.45, 7) is 4.98. The van der Waals surface area contributed by atoms with Crippen LogP contribution in [0.15, 0.2) is 0 Å². The molecule has 0 aromatic carbocycles. The van der Waals surface area contributed by atoms with E-state index < -0.39 is 24.3 Å². The van der Waals surface area contributed by atoms with E-state index in [2.05, 4.69) is 19.2 Å². The van der Waals surface area contributed by atoms with Crippen LogP contribution >= 0.6 is 0 Å². The van der Waals surface area contributed by atoms with Crippen LogP contribution in [0.2, 0.25) is 0 Å². The normalized spacial score (nSPS) is 12.1. The van der Waals surface area contributed by atoms with Crippen molar-refractivity contribution in [2.75, 3.05) is 19.8 Å². The van der Waals surface area contributed by atoms with E-state index in [-0.39, 0.29) is 13.0 Å². The molecule has 0 heterocycles. The molecule has 0 aromatic heterocycles. The Morgan fingerprint density at radius 3 is 1.04 bits per heavy atom. The highest BCUT2D eigenvalue weighted by atomic mass is 16.5. The van der Waals surface area contributed by atoms with E-state index >= 15 is 0 Å². The van der Waals surface area contributed by atoms with Gasteiger partial charge in [-0.25, -0.2) is 0 Å². The van der Waals surface area contributed by atoms with Crippen LogP contribution in [-0.4, -0.2) is 54.2 Å². The van der Waals surface area contributed by atoms with Crippen molar-refractivity contribution in [3.05, 3.63) is 0 Å². The third-order valence-electron chi connectivity index (χ3n) is 9.71. The van der Waals surface area contributed by atoms with Gasteiger partial charge in [0.1, 0.15) is 6.04 Å². The van der Waals surface area contributed by atoms with Gasteiger partial charge in [-0.2, -0.15) is 0 Å². The van der Waals surface area contributed by atoms with Crippen LogP contribution in [0, 0.1) is 0 Å². The minimum atomic E-state index is -1.61. The molecule has 0 aliphatic carbocycles. The highest BCUT2D eigenvalue weighted by Gasteiger charge is 2.24. The first kappa shape index (κ1) is 47.8. The van der Waals surface area contributed by atoms with Crippen LogP contribution < -0.4 is 5.32 Å². The molecule has 0 radical (unpaired) electrons. The van der Waals surface area contributed by atoms with Crippen molar-refractivity contribution in [1.29, 1.82) is 0 Å². The van der Waals surface area contributed by atoms with Gasteiger partial charge in [-0.3, -0.25) is 14.9 Å². The number of hydrogen-bond donors (Lipinski definition) is 3. The Hall–Kier alpha value is -1.18. The number of esters is 2. The van der Waals surface area contributed by atoms with Gasteiger partial charge >= 0.3 is 11.9 Å². The van der Waals surface area contributed by atoms with E-state index in [1.807, 2.05) is 0 Å². The molecule has 0 aliphatic heterocycles. The maximum Gasteiger partial charge on any atom is 0.323 e. The lowest BCUT2D eigenvalue weighted by molar-refractivity contribution is -0.153. The van der Waals surface area contributed by atoms with E-state index in [4.69, 9.17) is 9.47 Å². The van der Waals surface area contributed by atoms with E-state index in [0.29, 0.717) is 13.2 Å². The molecule has 0 rings (SSSR count). The molecule has 0 unspecified atom stereocenters. The summed E-state index contributed by atoms with van der Waals surface area (Å²) >= 11 is 0. The van der Waals surface area contributed by atoms with Gasteiger partial charge in [0.2, 0.25) is 0 Å². The molecule has 0 aromatic rings. The minimum Gasteiger partial charge on any atom is -0.466 e. The first-order chi connectivity index (χ1) is 24.0. The molecular formula is C42H83NO6. The number of carbonyl (C=O) groups excluding carboxylic acids is 2. The van der Waals surface area contributed by atoms with Gasteiger partial charge in [0.15, 0.2) is 6.29 Å². The number of hydrogen-bond acceptors (Lipinski definition) is 7. The summed E-state index contributed by atoms with van der Waals surface area (Å²) in [4.78, 5) is 25.0. The van der Waals surface area contributed by atoms with E-state index in [0.717, 1.165) is 38.5 Å². The highest BCUT2D eigenvalue weighted by Crippen LogP contribution is 2.15. The quantitative estimate of drug-likeness (QED) is 0.0332. The smallest absolute Gasteiger partial charge is 0.323 e. The lowest BCUT2D eigenvalue weighted by Crippen LogP contribution is -2.43. The second kappa shape index (κ2) is 39.6. The molecule has 0 bridgehead atoms. The number of unbranched alkanes of at least 4 members (excludes halogenated alkanes) is 30. The van der Waals surface area contributed by atoms with Crippen LogP contribution in [0.5, 0.6) is 0 Å². The van der Waals surface area contributed by atoms with Crippen molar-refractivity contribution in [3.63, 3.8) is 0 Å². The fourth-order valence-electron chi connectivity index (χ4n) is 6.47. The average Bonchev–Trinajstić information content (AvgIpc) is 3.09. The van der Waals surface area contributed by atoms with Crippen molar-refractivity contribution < 1.29 is 29.3 Å². The second-order valence-corrected chi connectivity index (χ2v) is 14.6. The highest BCUT2D eigenvalue weighted by molar-refractivity contribution is 5.82. The number of carbonyl (C=O) groups is 2. The summed E-state index contributed by atoms with van der Waals surface area (Å²) in [6.07, 6.45) is 39.4. The first-order valence-electron chi connectivity index (χ1n) is 21.4. The molecule has 0 fully saturated rings. The minimum absolute atomic E-state index is 0.177. The van der Waals surface area contributed by atoms with Crippen molar-refractivity contribution in [2.45, 2.75) is 238 Å². The number of ether oxygens (including phenoxy) is 2. The van der Waals surface area contributed by atoms with Gasteiger partial charge in [-0.1, -0.05) is 206 Å². The Kier molecular flexibility index (Phi) is 38.6. The Bertz CT molecular complexity index is 688. The predicted molar refractivity (Wildman–Crippen MR) is 206 cm³/mol. The van der Waals surface area contributed by atoms with Gasteiger partial charge in [-0.15, -0.1) is 0 Å². The SMILES string of the molecule is CCCCCCCCCCCCCCCCCCOC(=O)C[C@H](NCC(O)O)C(=O)OCCCCCCCCCCCCCCCCCC. The van der Waals surface area contributed by atoms with Gasteiger partial charge < -0.3 is 19.7 Å². The molecule has 0 aliphatic rings. The van der Waals surface area contributed by atoms with Crippen LogP contribution in [0.4, 0.5) is 0 Å². The third-order valence-corrected chi connectivity index (χ3v) is 9.71. The topological polar surface area (TPSA) is 105 Å². The zero-order valence-corrected chi connectivity index (χ0v) is 32.6. The fourth-order valence-corrected chi connectivity index (χ4v) is 6.47. The molecule has 7 heteroatoms. The average molecular weight is 698 g/mol. The molecule has 0 saturated heterocycles. The summed E-state index contributed by atoms with van der Waals surface area (Å²) in [5.41, 5.74) is 0. The number of aliphatic hydroxyl groups excluding tert-OH is 1. The lowest BCUT2D eigenvalue weighted by atomic mass is 10.0. The monoisotopic (exact) mass is 698 g/mol. The summed E-state index contributed by atoms with van der Waals surface area (Å²) < 4.78 is 10.8. The summed E-state index contributed by atoms with van der Waals surface area (Å²) in [7, 11) is 0. The Morgan fingerprint density at radius 2 is 0.735 bits per heavy atom. The maximum absolute atomic E-state index is 12.6. The Morgan fingerprint density at radius 1 is 0.449 bits per heavy atom. The molecule has 49 heavy (non-hydrogen) atoms. The molecule has 292 valence electrons. The maximum atomic E-state index is 12.6. The number of rotatable bonds is 40. The Labute approximate surface area is 303 Å². The lowest BCUT2D eigenvalue weighted by Gasteiger charge is -2.18. The second-order valence-electron chi connectivity index (χ2n) is 14.6. The van der Waals surface area contributed by atoms with Crippen molar-refractivity contribution in [1.82, 2.24) is 5.32 Å². The van der Waals surface area contributed by atoms with Gasteiger partial charge in [0.05, 0.1) is 19.6 Å². The van der Waals surface area contributed by atoms with Crippen molar-refractivity contribution >= 4 is 11.9 Å². The molecule has 0 spiro atoms. The molecular weight excluding hydrogens is 614 g/mol.